The molecule has 17 heteroatoms. The smallest absolute Gasteiger partial charge is 0.276 e. The third-order valence-corrected chi connectivity index (χ3v) is 8.72. The zero-order valence-electron chi connectivity index (χ0n) is 25.6. The summed E-state index contributed by atoms with van der Waals surface area (Å²) in [7, 11) is 8.08. The Morgan fingerprint density at radius 1 is 0.800 bits per heavy atom. The molecule has 4 rings (SSSR count). The topological polar surface area (TPSA) is 177 Å². The number of aromatic nitrogens is 6. The van der Waals surface area contributed by atoms with Gasteiger partial charge in [0.15, 0.2) is 10.3 Å². The Hall–Kier alpha value is -4.90. The number of imidazole rings is 2. The highest BCUT2D eigenvalue weighted by atomic mass is 32.2. The van der Waals surface area contributed by atoms with Crippen LogP contribution < -0.4 is 20.4 Å². The number of amides is 4. The van der Waals surface area contributed by atoms with E-state index in [4.69, 9.17) is 0 Å². The van der Waals surface area contributed by atoms with E-state index in [-0.39, 0.29) is 46.0 Å². The summed E-state index contributed by atoms with van der Waals surface area (Å²) in [6.07, 6.45) is 9.33. The van der Waals surface area contributed by atoms with Crippen molar-refractivity contribution >= 4 is 57.6 Å². The average Bonchev–Trinajstić information content (AvgIpc) is 3.64. The van der Waals surface area contributed by atoms with Gasteiger partial charge in [0.25, 0.3) is 11.8 Å². The Morgan fingerprint density at radius 2 is 1.31 bits per heavy atom. The number of pyridine rings is 2. The minimum atomic E-state index is -1.62. The number of anilines is 2. The maximum absolute atomic E-state index is 12.5. The van der Waals surface area contributed by atoms with Crippen LogP contribution in [-0.2, 0) is 34.5 Å². The maximum Gasteiger partial charge on any atom is 0.276 e. The quantitative estimate of drug-likeness (QED) is 0.233. The molecular formula is C28H34N10O5S2. The first kappa shape index (κ1) is 34.6. The van der Waals surface area contributed by atoms with Crippen LogP contribution in [0.1, 0.15) is 21.0 Å². The van der Waals surface area contributed by atoms with Crippen LogP contribution in [0.3, 0.4) is 0 Å². The van der Waals surface area contributed by atoms with Gasteiger partial charge in [-0.2, -0.15) is 0 Å². The van der Waals surface area contributed by atoms with Gasteiger partial charge in [-0.25, -0.2) is 9.97 Å². The molecular weight excluding hydrogens is 621 g/mol. The molecule has 0 saturated carbocycles. The van der Waals surface area contributed by atoms with Gasteiger partial charge < -0.3 is 29.6 Å². The van der Waals surface area contributed by atoms with Gasteiger partial charge in [0.1, 0.15) is 17.1 Å². The fourth-order valence-electron chi connectivity index (χ4n) is 3.67. The first-order valence-electron chi connectivity index (χ1n) is 13.3. The van der Waals surface area contributed by atoms with Gasteiger partial charge in [-0.05, 0) is 24.3 Å². The van der Waals surface area contributed by atoms with Crippen molar-refractivity contribution in [2.45, 2.75) is 10.3 Å². The second kappa shape index (κ2) is 16.2. The van der Waals surface area contributed by atoms with Crippen molar-refractivity contribution in [2.24, 2.45) is 14.1 Å². The zero-order chi connectivity index (χ0) is 33.1. The van der Waals surface area contributed by atoms with Gasteiger partial charge in [0.2, 0.25) is 11.8 Å². The van der Waals surface area contributed by atoms with E-state index >= 15 is 0 Å². The fraction of sp³-hybridized carbons (Fsp3) is 0.286. The number of carbonyl (C=O) groups is 4. The van der Waals surface area contributed by atoms with E-state index in [1.54, 1.807) is 82.8 Å². The van der Waals surface area contributed by atoms with Gasteiger partial charge in [-0.1, -0.05) is 11.8 Å². The van der Waals surface area contributed by atoms with Crippen LogP contribution in [-0.4, -0.2) is 96.6 Å². The Labute approximate surface area is 266 Å². The highest BCUT2D eigenvalue weighted by Gasteiger charge is 2.23. The molecule has 4 aromatic rings. The lowest BCUT2D eigenvalue weighted by molar-refractivity contribution is -0.118. The highest BCUT2D eigenvalue weighted by Crippen LogP contribution is 2.20. The summed E-state index contributed by atoms with van der Waals surface area (Å²) < 4.78 is 15.3. The van der Waals surface area contributed by atoms with E-state index in [0.717, 1.165) is 0 Å². The Morgan fingerprint density at radius 3 is 1.80 bits per heavy atom. The minimum Gasteiger partial charge on any atom is -0.358 e. The molecule has 238 valence electrons. The van der Waals surface area contributed by atoms with E-state index < -0.39 is 10.8 Å². The van der Waals surface area contributed by atoms with Gasteiger partial charge in [-0.15, -0.1) is 0 Å². The van der Waals surface area contributed by atoms with Crippen LogP contribution in [0.2, 0.25) is 0 Å². The molecule has 0 spiro atoms. The summed E-state index contributed by atoms with van der Waals surface area (Å²) in [6, 6.07) is 7.06. The standard InChI is InChI=1S/C14H17N5O3S.C14H17N5O2S/c1-15-12(20)9-23(22)14-17-8-11(19(14)3)13(21)18(2)10-5-4-6-16-7-10;1-15-12(20)9-22-14-17-8-11(19(14)3)13(21)18(2)10-5-4-6-16-7-10/h4-8H,9H2,1-3H3,(H,15,20);4-8H,9H2,1-3H3,(H,15,20). The van der Waals surface area contributed by atoms with Gasteiger partial charge in [0, 0.05) is 54.7 Å². The second-order valence-electron chi connectivity index (χ2n) is 9.25. The molecule has 0 aliphatic carbocycles. The molecule has 4 heterocycles. The third kappa shape index (κ3) is 8.82. The Balaban J connectivity index is 0.000000246. The number of carbonyl (C=O) groups excluding carboxylic acids is 4. The van der Waals surface area contributed by atoms with Crippen molar-refractivity contribution in [3.63, 3.8) is 0 Å². The summed E-state index contributed by atoms with van der Waals surface area (Å²) in [5.41, 5.74) is 2.06. The van der Waals surface area contributed by atoms with E-state index in [9.17, 15) is 23.4 Å². The number of nitrogens with one attached hydrogen (secondary N) is 2. The molecule has 0 aliphatic rings. The van der Waals surface area contributed by atoms with Crippen molar-refractivity contribution in [3.8, 4) is 0 Å². The minimum absolute atomic E-state index is 0.0895. The van der Waals surface area contributed by atoms with E-state index in [0.29, 0.717) is 22.2 Å². The zero-order valence-corrected chi connectivity index (χ0v) is 27.3. The number of rotatable bonds is 10. The maximum atomic E-state index is 12.5. The molecule has 0 bridgehead atoms. The summed E-state index contributed by atoms with van der Waals surface area (Å²) in [5, 5.41) is 5.74. The van der Waals surface area contributed by atoms with Gasteiger partial charge in [0.05, 0.1) is 52.7 Å². The second-order valence-corrected chi connectivity index (χ2v) is 11.5. The normalized spacial score (nSPS) is 11.1. The van der Waals surface area contributed by atoms with Crippen LogP contribution in [0.15, 0.2) is 71.8 Å². The Bertz CT molecular complexity index is 1660. The lowest BCUT2D eigenvalue weighted by atomic mass is 10.3. The van der Waals surface area contributed by atoms with Crippen LogP contribution in [0.5, 0.6) is 0 Å². The van der Waals surface area contributed by atoms with E-state index in [1.807, 2.05) is 6.07 Å². The lowest BCUT2D eigenvalue weighted by Gasteiger charge is -2.16. The predicted octanol–water partition coefficient (Wildman–Crippen LogP) is 0.875. The molecule has 0 aromatic carbocycles. The highest BCUT2D eigenvalue weighted by molar-refractivity contribution is 7.99. The number of nitrogens with zero attached hydrogens (tertiary/aromatic N) is 8. The van der Waals surface area contributed by atoms with Crippen LogP contribution in [0, 0.1) is 0 Å². The van der Waals surface area contributed by atoms with E-state index in [1.165, 1.54) is 45.6 Å². The molecule has 4 aromatic heterocycles. The molecule has 45 heavy (non-hydrogen) atoms. The van der Waals surface area contributed by atoms with Crippen LogP contribution >= 0.6 is 11.8 Å². The molecule has 1 unspecified atom stereocenters. The first-order valence-corrected chi connectivity index (χ1v) is 15.6. The molecule has 0 radical (unpaired) electrons. The summed E-state index contributed by atoms with van der Waals surface area (Å²) in [4.78, 5) is 66.8. The first-order chi connectivity index (χ1) is 21.5. The van der Waals surface area contributed by atoms with Crippen molar-refractivity contribution in [1.82, 2.24) is 39.7 Å². The van der Waals surface area contributed by atoms with Crippen molar-refractivity contribution in [3.05, 3.63) is 72.8 Å². The lowest BCUT2D eigenvalue weighted by Crippen LogP contribution is -2.29. The monoisotopic (exact) mass is 654 g/mol. The van der Waals surface area contributed by atoms with Gasteiger partial charge in [-0.3, -0.25) is 33.4 Å². The number of hydrogen-bond acceptors (Lipinski definition) is 10. The summed E-state index contributed by atoms with van der Waals surface area (Å²) >= 11 is 1.28. The third-order valence-electron chi connectivity index (χ3n) is 6.36. The largest absolute Gasteiger partial charge is 0.358 e. The average molecular weight is 655 g/mol. The van der Waals surface area contributed by atoms with Crippen molar-refractivity contribution < 1.29 is 23.4 Å². The molecule has 4 amide bonds. The molecule has 2 N–H and O–H groups in total. The predicted molar refractivity (Wildman–Crippen MR) is 170 cm³/mol. The van der Waals surface area contributed by atoms with E-state index in [2.05, 4.69) is 30.6 Å². The molecule has 0 aliphatic heterocycles. The van der Waals surface area contributed by atoms with Crippen LogP contribution in [0.4, 0.5) is 11.4 Å². The number of hydrogen-bond donors (Lipinski definition) is 2. The molecule has 0 fully saturated rings. The van der Waals surface area contributed by atoms with Gasteiger partial charge >= 0.3 is 0 Å². The fourth-order valence-corrected chi connectivity index (χ4v) is 5.58. The Kier molecular flexibility index (Phi) is 12.5. The number of thioether (sulfide) groups is 1. The van der Waals surface area contributed by atoms with Crippen LogP contribution in [0.25, 0.3) is 0 Å². The van der Waals surface area contributed by atoms with Crippen molar-refractivity contribution in [1.29, 1.82) is 0 Å². The molecule has 0 saturated heterocycles. The molecule has 15 nitrogen and oxygen atoms in total. The summed E-state index contributed by atoms with van der Waals surface area (Å²) in [6.45, 7) is 0. The SMILES string of the molecule is CNC(=O)CS(=O)c1ncc(C(=O)N(C)c2cccnc2)n1C.CNC(=O)CSc1ncc(C(=O)N(C)c2cccnc2)n1C. The summed E-state index contributed by atoms with van der Waals surface area (Å²) in [5.74, 6) is -0.882. The molecule has 1 atom stereocenters. The van der Waals surface area contributed by atoms with Crippen molar-refractivity contribution in [2.75, 3.05) is 49.5 Å².